The minimum absolute atomic E-state index is 0.0287. The maximum absolute atomic E-state index is 13.5. The highest BCUT2D eigenvalue weighted by molar-refractivity contribution is 6.22. The first-order valence-corrected chi connectivity index (χ1v) is 11.9. The molecule has 0 aliphatic heterocycles. The predicted octanol–water partition coefficient (Wildman–Crippen LogP) is 2.04. The van der Waals surface area contributed by atoms with Gasteiger partial charge in [0.05, 0.1) is 12.7 Å². The lowest BCUT2D eigenvalue weighted by Crippen LogP contribution is -2.58. The van der Waals surface area contributed by atoms with E-state index in [1.807, 2.05) is 0 Å². The number of phenols is 1. The number of phenolic OH excluding ortho intramolecular Hbond substituents is 1. The number of benzene rings is 2. The van der Waals surface area contributed by atoms with Crippen LogP contribution in [0.2, 0.25) is 0 Å². The Labute approximate surface area is 221 Å². The summed E-state index contributed by atoms with van der Waals surface area (Å²) in [6, 6.07) is 8.86. The second kappa shape index (κ2) is 9.17. The van der Waals surface area contributed by atoms with Gasteiger partial charge in [0, 0.05) is 23.6 Å². The lowest BCUT2D eigenvalue weighted by molar-refractivity contribution is -0.147. The van der Waals surface area contributed by atoms with Gasteiger partial charge in [0.1, 0.15) is 34.3 Å². The Morgan fingerprint density at radius 2 is 1.69 bits per heavy atom. The number of aliphatic hydroxyl groups is 3. The fraction of sp³-hybridized carbons (Fsp3) is 0.259. The number of rotatable bonds is 4. The van der Waals surface area contributed by atoms with Gasteiger partial charge in [0.15, 0.2) is 11.4 Å². The summed E-state index contributed by atoms with van der Waals surface area (Å²) in [5, 5.41) is 46.2. The van der Waals surface area contributed by atoms with Gasteiger partial charge in [-0.3, -0.25) is 19.7 Å². The van der Waals surface area contributed by atoms with Crippen LogP contribution in [-0.4, -0.2) is 56.7 Å². The fourth-order valence-electron chi connectivity index (χ4n) is 5.62. The first kappa shape index (κ1) is 25.8. The number of ether oxygens (including phenoxy) is 2. The minimum atomic E-state index is -2.65. The third-order valence-corrected chi connectivity index (χ3v) is 7.45. The molecule has 3 atom stereocenters. The molecule has 2 amide bonds. The first-order valence-electron chi connectivity index (χ1n) is 11.9. The van der Waals surface area contributed by atoms with Gasteiger partial charge < -0.3 is 35.6 Å². The minimum Gasteiger partial charge on any atom is -0.508 e. The monoisotopic (exact) mass is 536 g/mol. The van der Waals surface area contributed by atoms with E-state index >= 15 is 0 Å². The Morgan fingerprint density at radius 1 is 1.03 bits per heavy atom. The fourth-order valence-corrected chi connectivity index (χ4v) is 5.62. The standard InChI is InChI=1S/C27H24N2O10/c1-38-13-2-4-14(5-3-13)39-26(36)29-16-6-7-17(30)20-15(16)9-11-8-12-10-18(31)21(25(28)35)24(34)27(12,37)23(33)19(11)22(20)32/h2-7,11-12,30,32,34,37H,8-10H2,1H3,(H2,28,35)(H,29,36)/t11-,12+,27+/m1/s1. The molecular formula is C27H24N2O10. The molecular weight excluding hydrogens is 512 g/mol. The molecule has 5 rings (SSSR count). The maximum Gasteiger partial charge on any atom is 0.417 e. The van der Waals surface area contributed by atoms with Crippen molar-refractivity contribution in [2.75, 3.05) is 12.4 Å². The van der Waals surface area contributed by atoms with Gasteiger partial charge in [0.2, 0.25) is 5.78 Å². The number of carbonyl (C=O) groups is 4. The van der Waals surface area contributed by atoms with E-state index < -0.39 is 70.3 Å². The van der Waals surface area contributed by atoms with Gasteiger partial charge >= 0.3 is 6.09 Å². The molecule has 0 spiro atoms. The third kappa shape index (κ3) is 3.96. The Bertz CT molecular complexity index is 1510. The van der Waals surface area contributed by atoms with E-state index in [1.165, 1.54) is 31.4 Å². The molecule has 3 aliphatic rings. The SMILES string of the molecule is COc1ccc(OC(=O)Nc2ccc(O)c3c2C[C@H]2C[C@H]4CC(=O)C(C(N)=O)=C(O)[C@@]4(O)C(=O)C2=C3O)cc1. The maximum atomic E-state index is 13.5. The van der Waals surface area contributed by atoms with Crippen LogP contribution in [0.25, 0.3) is 5.76 Å². The Morgan fingerprint density at radius 3 is 2.33 bits per heavy atom. The summed E-state index contributed by atoms with van der Waals surface area (Å²) in [4.78, 5) is 50.4. The normalized spacial score (nSPS) is 23.9. The lowest BCUT2D eigenvalue weighted by Gasteiger charge is -2.46. The van der Waals surface area contributed by atoms with E-state index in [4.69, 9.17) is 15.2 Å². The molecule has 2 aromatic rings. The topological polar surface area (TPSA) is 206 Å². The van der Waals surface area contributed by atoms with Crippen molar-refractivity contribution in [2.45, 2.75) is 24.9 Å². The zero-order valence-corrected chi connectivity index (χ0v) is 20.6. The summed E-state index contributed by atoms with van der Waals surface area (Å²) in [5.41, 5.74) is 1.74. The van der Waals surface area contributed by atoms with E-state index in [1.54, 1.807) is 12.1 Å². The van der Waals surface area contributed by atoms with Gasteiger partial charge in [-0.25, -0.2) is 4.79 Å². The average Bonchev–Trinajstić information content (AvgIpc) is 2.88. The molecule has 0 heterocycles. The van der Waals surface area contributed by atoms with E-state index in [0.717, 1.165) is 0 Å². The number of hydrogen-bond acceptors (Lipinski definition) is 10. The second-order valence-electron chi connectivity index (χ2n) is 9.58. The van der Waals surface area contributed by atoms with E-state index in [2.05, 4.69) is 5.32 Å². The van der Waals surface area contributed by atoms with Gasteiger partial charge in [-0.1, -0.05) is 0 Å². The van der Waals surface area contributed by atoms with Crippen molar-refractivity contribution in [1.82, 2.24) is 0 Å². The number of carbonyl (C=O) groups excluding carboxylic acids is 4. The third-order valence-electron chi connectivity index (χ3n) is 7.45. The lowest BCUT2D eigenvalue weighted by atomic mass is 9.59. The Hall–Kier alpha value is -4.84. The summed E-state index contributed by atoms with van der Waals surface area (Å²) in [6.45, 7) is 0. The van der Waals surface area contributed by atoms with Gasteiger partial charge in [0.25, 0.3) is 5.91 Å². The van der Waals surface area contributed by atoms with Gasteiger partial charge in [-0.15, -0.1) is 0 Å². The van der Waals surface area contributed by atoms with Crippen molar-refractivity contribution in [1.29, 1.82) is 0 Å². The molecule has 1 saturated carbocycles. The summed E-state index contributed by atoms with van der Waals surface area (Å²) in [7, 11) is 1.50. The zero-order chi connectivity index (χ0) is 28.2. The molecule has 12 heteroatoms. The molecule has 0 unspecified atom stereocenters. The van der Waals surface area contributed by atoms with Gasteiger partial charge in [-0.2, -0.15) is 0 Å². The Balaban J connectivity index is 1.51. The Kier molecular flexibility index (Phi) is 6.06. The molecule has 12 nitrogen and oxygen atoms in total. The number of ketones is 2. The number of Topliss-reactive ketones (excluding diaryl/α,β-unsaturated/α-hetero) is 2. The second-order valence-corrected chi connectivity index (χ2v) is 9.58. The zero-order valence-electron chi connectivity index (χ0n) is 20.6. The highest BCUT2D eigenvalue weighted by atomic mass is 16.6. The predicted molar refractivity (Wildman–Crippen MR) is 134 cm³/mol. The number of anilines is 1. The number of aliphatic hydroxyl groups excluding tert-OH is 2. The van der Waals surface area contributed by atoms with Crippen molar-refractivity contribution >= 4 is 35.0 Å². The van der Waals surface area contributed by atoms with E-state index in [9.17, 15) is 39.6 Å². The van der Waals surface area contributed by atoms with E-state index in [0.29, 0.717) is 11.3 Å². The molecule has 39 heavy (non-hydrogen) atoms. The van der Waals surface area contributed by atoms with E-state index in [-0.39, 0.29) is 35.4 Å². The number of nitrogens with one attached hydrogen (secondary N) is 1. The number of nitrogens with two attached hydrogens (primary N) is 1. The number of methoxy groups -OCH3 is 1. The number of hydrogen-bond donors (Lipinski definition) is 6. The molecule has 0 aromatic heterocycles. The summed E-state index contributed by atoms with van der Waals surface area (Å²) >= 11 is 0. The quantitative estimate of drug-likeness (QED) is 0.248. The molecule has 0 saturated heterocycles. The largest absolute Gasteiger partial charge is 0.508 e. The highest BCUT2D eigenvalue weighted by Crippen LogP contribution is 2.52. The summed E-state index contributed by atoms with van der Waals surface area (Å²) < 4.78 is 10.4. The highest BCUT2D eigenvalue weighted by Gasteiger charge is 2.60. The molecule has 0 radical (unpaired) electrons. The summed E-state index contributed by atoms with van der Waals surface area (Å²) in [5.74, 6) is -6.46. The van der Waals surface area contributed by atoms with Crippen LogP contribution >= 0.6 is 0 Å². The van der Waals surface area contributed by atoms with Gasteiger partial charge in [-0.05, 0) is 60.7 Å². The van der Waals surface area contributed by atoms with Crippen LogP contribution < -0.4 is 20.5 Å². The van der Waals surface area contributed by atoms with Crippen LogP contribution in [0.4, 0.5) is 10.5 Å². The smallest absolute Gasteiger partial charge is 0.417 e. The van der Waals surface area contributed by atoms with Crippen molar-refractivity contribution in [3.8, 4) is 17.2 Å². The molecule has 3 aliphatic carbocycles. The van der Waals surface area contributed by atoms with Crippen molar-refractivity contribution in [3.05, 3.63) is 64.4 Å². The first-order chi connectivity index (χ1) is 18.5. The molecule has 7 N–H and O–H groups in total. The number of fused-ring (bicyclic) bond motifs is 3. The molecule has 2 aromatic carbocycles. The number of amides is 2. The molecule has 1 fully saturated rings. The number of aromatic hydroxyl groups is 1. The van der Waals surface area contributed by atoms with Crippen LogP contribution in [0.15, 0.2) is 53.3 Å². The van der Waals surface area contributed by atoms with Crippen LogP contribution in [-0.2, 0) is 20.8 Å². The van der Waals surface area contributed by atoms with Crippen molar-refractivity contribution in [3.63, 3.8) is 0 Å². The van der Waals surface area contributed by atoms with Crippen LogP contribution in [0.5, 0.6) is 17.2 Å². The van der Waals surface area contributed by atoms with Crippen LogP contribution in [0, 0.1) is 11.8 Å². The van der Waals surface area contributed by atoms with Crippen molar-refractivity contribution < 1.29 is 49.1 Å². The molecule has 202 valence electrons. The van der Waals surface area contributed by atoms with Crippen LogP contribution in [0.1, 0.15) is 24.0 Å². The number of primary amides is 1. The average molecular weight is 536 g/mol. The molecule has 0 bridgehead atoms. The summed E-state index contributed by atoms with van der Waals surface area (Å²) in [6.07, 6.45) is -1.29. The van der Waals surface area contributed by atoms with Crippen molar-refractivity contribution in [2.24, 2.45) is 17.6 Å². The van der Waals surface area contributed by atoms with Crippen LogP contribution in [0.3, 0.4) is 0 Å².